The highest BCUT2D eigenvalue weighted by atomic mass is 16.2. The molecule has 8 nitrogen and oxygen atoms in total. The predicted octanol–water partition coefficient (Wildman–Crippen LogP) is 1.44. The molecule has 0 saturated carbocycles. The Kier molecular flexibility index (Phi) is 5.49. The number of nitrogens with zero attached hydrogens (tertiary/aromatic N) is 3. The van der Waals surface area contributed by atoms with Crippen LogP contribution in [0.1, 0.15) is 54.4 Å². The fourth-order valence-corrected chi connectivity index (χ4v) is 4.92. The Hall–Kier alpha value is -2.90. The predicted molar refractivity (Wildman–Crippen MR) is 112 cm³/mol. The molecule has 2 amide bonds. The number of aromatic amines is 1. The third-order valence-electron chi connectivity index (χ3n) is 6.64. The van der Waals surface area contributed by atoms with Gasteiger partial charge in [-0.15, -0.1) is 0 Å². The van der Waals surface area contributed by atoms with Crippen LogP contribution in [0.4, 0.5) is 0 Å². The molecule has 8 heteroatoms. The van der Waals surface area contributed by atoms with E-state index in [1.54, 1.807) is 12.1 Å². The van der Waals surface area contributed by atoms with E-state index in [0.29, 0.717) is 32.5 Å². The Balaban J connectivity index is 1.53. The molecule has 4 rings (SSSR count). The summed E-state index contributed by atoms with van der Waals surface area (Å²) < 4.78 is 1.84. The molecule has 4 heterocycles. The number of fused-ring (bicyclic) bond motifs is 4. The number of carbonyl (C=O) groups is 2. The molecule has 1 fully saturated rings. The maximum atomic E-state index is 13.0. The molecule has 2 N–H and O–H groups in total. The zero-order chi connectivity index (χ0) is 21.4. The van der Waals surface area contributed by atoms with Gasteiger partial charge in [-0.05, 0) is 37.8 Å². The fourth-order valence-electron chi connectivity index (χ4n) is 4.92. The Morgan fingerprint density at radius 1 is 1.27 bits per heavy atom. The molecule has 2 aromatic rings. The molecule has 0 spiro atoms. The standard InChI is InChI=1S/C22H29N5O3/c1-13-14(2)24-25-18(13)7-8-21(29)26-11-16-9-17(12-26)20(10-23-15(3)28)27-19(16)5-4-6-22(27)30/h4-6,16-17,20H,7-12H2,1-3H3,(H,23,28)(H,24,25)/t16-,17+,20+/m1/s1. The number of hydrogen-bond acceptors (Lipinski definition) is 4. The molecule has 0 radical (unpaired) electrons. The first-order valence-corrected chi connectivity index (χ1v) is 10.6. The van der Waals surface area contributed by atoms with E-state index in [4.69, 9.17) is 0 Å². The van der Waals surface area contributed by atoms with Gasteiger partial charge in [0, 0.05) is 62.8 Å². The number of aryl methyl sites for hydroxylation is 2. The monoisotopic (exact) mass is 411 g/mol. The van der Waals surface area contributed by atoms with E-state index >= 15 is 0 Å². The van der Waals surface area contributed by atoms with E-state index in [1.165, 1.54) is 6.92 Å². The van der Waals surface area contributed by atoms with Gasteiger partial charge in [-0.2, -0.15) is 5.10 Å². The van der Waals surface area contributed by atoms with Crippen molar-refractivity contribution >= 4 is 11.8 Å². The third kappa shape index (κ3) is 3.78. The Morgan fingerprint density at radius 2 is 2.07 bits per heavy atom. The molecule has 1 saturated heterocycles. The quantitative estimate of drug-likeness (QED) is 0.778. The van der Waals surface area contributed by atoms with Gasteiger partial charge < -0.3 is 14.8 Å². The number of likely N-dealkylation sites (tertiary alicyclic amines) is 1. The molecule has 0 unspecified atom stereocenters. The van der Waals surface area contributed by atoms with Crippen molar-refractivity contribution < 1.29 is 9.59 Å². The summed E-state index contributed by atoms with van der Waals surface area (Å²) in [4.78, 5) is 39.1. The molecule has 160 valence electrons. The molecule has 2 aliphatic heterocycles. The van der Waals surface area contributed by atoms with Gasteiger partial charge in [0.15, 0.2) is 0 Å². The van der Waals surface area contributed by atoms with Gasteiger partial charge in [-0.1, -0.05) is 6.07 Å². The van der Waals surface area contributed by atoms with Crippen molar-refractivity contribution in [3.63, 3.8) is 0 Å². The summed E-state index contributed by atoms with van der Waals surface area (Å²) in [5.41, 5.74) is 4.01. The number of pyridine rings is 1. The lowest BCUT2D eigenvalue weighted by Crippen LogP contribution is -2.53. The van der Waals surface area contributed by atoms with E-state index in [0.717, 1.165) is 29.1 Å². The molecule has 2 aliphatic rings. The highest BCUT2D eigenvalue weighted by Gasteiger charge is 2.41. The van der Waals surface area contributed by atoms with Crippen LogP contribution in [0.25, 0.3) is 0 Å². The SMILES string of the molecule is CC(=O)NC[C@H]1[C@H]2C[C@H](CN(C(=O)CCc3n[nH]c(C)c3C)C2)c2cccc(=O)n21. The van der Waals surface area contributed by atoms with Gasteiger partial charge in [0.1, 0.15) is 0 Å². The van der Waals surface area contributed by atoms with Crippen LogP contribution in [0.3, 0.4) is 0 Å². The minimum absolute atomic E-state index is 0.0401. The second-order valence-electron chi connectivity index (χ2n) is 8.58. The van der Waals surface area contributed by atoms with Crippen molar-refractivity contribution in [3.8, 4) is 0 Å². The maximum Gasteiger partial charge on any atom is 0.251 e. The van der Waals surface area contributed by atoms with Gasteiger partial charge in [0.05, 0.1) is 11.7 Å². The zero-order valence-electron chi connectivity index (χ0n) is 17.8. The average molecular weight is 412 g/mol. The molecular formula is C22H29N5O3. The molecular weight excluding hydrogens is 382 g/mol. The Morgan fingerprint density at radius 3 is 2.77 bits per heavy atom. The number of nitrogens with one attached hydrogen (secondary N) is 2. The molecule has 0 aromatic carbocycles. The first kappa shape index (κ1) is 20.4. The Labute approximate surface area is 175 Å². The summed E-state index contributed by atoms with van der Waals surface area (Å²) in [6, 6.07) is 5.20. The fraction of sp³-hybridized carbons (Fsp3) is 0.545. The number of hydrogen-bond donors (Lipinski definition) is 2. The number of amides is 2. The molecule has 30 heavy (non-hydrogen) atoms. The van der Waals surface area contributed by atoms with Crippen molar-refractivity contribution in [2.24, 2.45) is 5.92 Å². The molecule has 0 aliphatic carbocycles. The number of carbonyl (C=O) groups excluding carboxylic acids is 2. The van der Waals surface area contributed by atoms with Crippen LogP contribution in [0.2, 0.25) is 0 Å². The largest absolute Gasteiger partial charge is 0.354 e. The van der Waals surface area contributed by atoms with Gasteiger partial charge >= 0.3 is 0 Å². The summed E-state index contributed by atoms with van der Waals surface area (Å²) >= 11 is 0. The minimum Gasteiger partial charge on any atom is -0.354 e. The first-order chi connectivity index (χ1) is 14.3. The number of piperidine rings is 1. The van der Waals surface area contributed by atoms with Crippen LogP contribution in [-0.4, -0.2) is 51.1 Å². The van der Waals surface area contributed by atoms with E-state index in [1.807, 2.05) is 29.4 Å². The van der Waals surface area contributed by atoms with Crippen LogP contribution < -0.4 is 10.9 Å². The summed E-state index contributed by atoms with van der Waals surface area (Å²) in [7, 11) is 0. The van der Waals surface area contributed by atoms with Crippen LogP contribution in [0, 0.1) is 19.8 Å². The van der Waals surface area contributed by atoms with Gasteiger partial charge in [0.2, 0.25) is 11.8 Å². The van der Waals surface area contributed by atoms with Crippen LogP contribution in [-0.2, 0) is 16.0 Å². The smallest absolute Gasteiger partial charge is 0.251 e. The van der Waals surface area contributed by atoms with Crippen molar-refractivity contribution in [3.05, 3.63) is 51.2 Å². The van der Waals surface area contributed by atoms with Crippen LogP contribution in [0.5, 0.6) is 0 Å². The number of H-pyrrole nitrogens is 1. The van der Waals surface area contributed by atoms with E-state index < -0.39 is 0 Å². The van der Waals surface area contributed by atoms with Crippen molar-refractivity contribution in [1.82, 2.24) is 25.0 Å². The minimum atomic E-state index is -0.138. The molecule has 2 aromatic heterocycles. The van der Waals surface area contributed by atoms with E-state index in [-0.39, 0.29) is 35.3 Å². The van der Waals surface area contributed by atoms with Crippen molar-refractivity contribution in [2.45, 2.75) is 52.0 Å². The average Bonchev–Trinajstić information content (AvgIpc) is 3.04. The number of aromatic nitrogens is 3. The number of rotatable bonds is 5. The molecule has 2 bridgehead atoms. The van der Waals surface area contributed by atoms with Gasteiger partial charge in [-0.25, -0.2) is 0 Å². The lowest BCUT2D eigenvalue weighted by atomic mass is 9.78. The summed E-state index contributed by atoms with van der Waals surface area (Å²) in [6.45, 7) is 7.12. The van der Waals surface area contributed by atoms with Crippen molar-refractivity contribution in [1.29, 1.82) is 0 Å². The summed E-state index contributed by atoms with van der Waals surface area (Å²) in [6.07, 6.45) is 1.96. The highest BCUT2D eigenvalue weighted by molar-refractivity contribution is 5.76. The second-order valence-corrected chi connectivity index (χ2v) is 8.58. The normalized spacial score (nSPS) is 22.5. The highest BCUT2D eigenvalue weighted by Crippen LogP contribution is 2.41. The van der Waals surface area contributed by atoms with E-state index in [2.05, 4.69) is 15.5 Å². The lowest BCUT2D eigenvalue weighted by Gasteiger charge is -2.47. The Bertz CT molecular complexity index is 1020. The maximum absolute atomic E-state index is 13.0. The van der Waals surface area contributed by atoms with Gasteiger partial charge in [0.25, 0.3) is 5.56 Å². The second kappa shape index (κ2) is 8.08. The van der Waals surface area contributed by atoms with E-state index in [9.17, 15) is 14.4 Å². The lowest BCUT2D eigenvalue weighted by molar-refractivity contribution is -0.134. The molecule has 3 atom stereocenters. The summed E-state index contributed by atoms with van der Waals surface area (Å²) in [5, 5.41) is 10.2. The third-order valence-corrected chi connectivity index (χ3v) is 6.64. The van der Waals surface area contributed by atoms with Crippen LogP contribution in [0.15, 0.2) is 23.0 Å². The van der Waals surface area contributed by atoms with Gasteiger partial charge in [-0.3, -0.25) is 19.5 Å². The topological polar surface area (TPSA) is 100 Å². The zero-order valence-corrected chi connectivity index (χ0v) is 17.8. The van der Waals surface area contributed by atoms with Crippen LogP contribution >= 0.6 is 0 Å². The first-order valence-electron chi connectivity index (χ1n) is 10.6. The van der Waals surface area contributed by atoms with Crippen molar-refractivity contribution in [2.75, 3.05) is 19.6 Å². The summed E-state index contributed by atoms with van der Waals surface area (Å²) in [5.74, 6) is 0.289.